The first-order chi connectivity index (χ1) is 12.5. The van der Waals surface area contributed by atoms with E-state index in [1.807, 2.05) is 6.08 Å². The third kappa shape index (κ3) is 3.48. The lowest BCUT2D eigenvalue weighted by molar-refractivity contribution is -0.146. The monoisotopic (exact) mass is 361 g/mol. The zero-order valence-electron chi connectivity index (χ0n) is 14.5. The lowest BCUT2D eigenvalue weighted by atomic mass is 9.83. The highest BCUT2D eigenvalue weighted by Crippen LogP contribution is 2.43. The molecule has 1 amide bonds. The van der Waals surface area contributed by atoms with E-state index in [4.69, 9.17) is 14.2 Å². The van der Waals surface area contributed by atoms with Gasteiger partial charge in [-0.05, 0) is 36.3 Å². The van der Waals surface area contributed by atoms with Gasteiger partial charge >= 0.3 is 5.97 Å². The summed E-state index contributed by atoms with van der Waals surface area (Å²) in [7, 11) is 2.86. The van der Waals surface area contributed by atoms with Gasteiger partial charge in [-0.2, -0.15) is 0 Å². The van der Waals surface area contributed by atoms with Crippen molar-refractivity contribution in [3.8, 4) is 0 Å². The summed E-state index contributed by atoms with van der Waals surface area (Å²) in [6.07, 6.45) is 3.48. The van der Waals surface area contributed by atoms with Gasteiger partial charge in [0.2, 0.25) is 6.29 Å². The molecule has 1 aromatic carbocycles. The molecule has 138 valence electrons. The molecule has 1 N–H and O–H groups in total. The van der Waals surface area contributed by atoms with Crippen LogP contribution in [0.25, 0.3) is 0 Å². The number of nitrogens with one attached hydrogen (secondary N) is 1. The second-order valence-corrected chi connectivity index (χ2v) is 6.14. The summed E-state index contributed by atoms with van der Waals surface area (Å²) in [5.41, 5.74) is 1.76. The normalized spacial score (nSPS) is 24.0. The number of hydrogen-bond donors (Lipinski definition) is 1. The fourth-order valence-corrected chi connectivity index (χ4v) is 3.41. The van der Waals surface area contributed by atoms with Gasteiger partial charge in [0, 0.05) is 25.1 Å². The number of amides is 1. The zero-order chi connectivity index (χ0) is 18.7. The molecule has 6 nitrogen and oxygen atoms in total. The smallest absolute Gasteiger partial charge is 0.337 e. The van der Waals surface area contributed by atoms with Gasteiger partial charge < -0.3 is 19.5 Å². The Balaban J connectivity index is 1.69. The number of fused-ring (bicyclic) bond motifs is 1. The third-order valence-corrected chi connectivity index (χ3v) is 4.73. The van der Waals surface area contributed by atoms with Crippen LogP contribution in [0.5, 0.6) is 0 Å². The van der Waals surface area contributed by atoms with Gasteiger partial charge in [-0.25, -0.2) is 9.18 Å². The first-order valence-electron chi connectivity index (χ1n) is 8.24. The predicted molar refractivity (Wildman–Crippen MR) is 90.4 cm³/mol. The number of allylic oxidation sites excluding steroid dienone is 1. The first kappa shape index (κ1) is 18.1. The molecule has 0 spiro atoms. The molecule has 3 rings (SSSR count). The Morgan fingerprint density at radius 1 is 1.27 bits per heavy atom. The van der Waals surface area contributed by atoms with Crippen LogP contribution in [0.4, 0.5) is 4.39 Å². The van der Waals surface area contributed by atoms with E-state index in [-0.39, 0.29) is 24.3 Å². The van der Waals surface area contributed by atoms with Gasteiger partial charge in [0.1, 0.15) is 5.82 Å². The van der Waals surface area contributed by atoms with Crippen LogP contribution in [0.15, 0.2) is 47.7 Å². The van der Waals surface area contributed by atoms with E-state index in [0.717, 1.165) is 5.57 Å². The van der Waals surface area contributed by atoms with E-state index in [0.29, 0.717) is 17.6 Å². The van der Waals surface area contributed by atoms with Gasteiger partial charge in [0.05, 0.1) is 24.9 Å². The summed E-state index contributed by atoms with van der Waals surface area (Å²) in [6, 6.07) is 5.33. The predicted octanol–water partition coefficient (Wildman–Crippen LogP) is 2.18. The molecule has 2 aliphatic rings. The molecule has 1 aliphatic carbocycles. The summed E-state index contributed by atoms with van der Waals surface area (Å²) >= 11 is 0. The van der Waals surface area contributed by atoms with Gasteiger partial charge in [0.25, 0.3) is 5.91 Å². The number of halogens is 1. The summed E-state index contributed by atoms with van der Waals surface area (Å²) in [5.74, 6) is -1.43. The van der Waals surface area contributed by atoms with Crippen LogP contribution in [0.3, 0.4) is 0 Å². The van der Waals surface area contributed by atoms with Crippen LogP contribution in [0.1, 0.15) is 16.8 Å². The van der Waals surface area contributed by atoms with E-state index in [1.54, 1.807) is 0 Å². The fourth-order valence-electron chi connectivity index (χ4n) is 3.41. The number of methoxy groups -OCH3 is 2. The maximum absolute atomic E-state index is 13.0. The molecule has 0 saturated carbocycles. The Morgan fingerprint density at radius 3 is 2.65 bits per heavy atom. The van der Waals surface area contributed by atoms with Crippen LogP contribution in [-0.2, 0) is 19.0 Å². The minimum Gasteiger partial charge on any atom is -0.471 e. The van der Waals surface area contributed by atoms with Crippen molar-refractivity contribution in [2.24, 2.45) is 11.8 Å². The maximum Gasteiger partial charge on any atom is 0.337 e. The van der Waals surface area contributed by atoms with Crippen molar-refractivity contribution in [3.05, 3.63) is 59.1 Å². The standard InChI is InChI=1S/C19H20FNO5/c1-24-18(23)15-10-26-19(25-2)16-12(5-8-14(15)16)9-21-17(22)11-3-6-13(20)7-4-11/h3-7,10,14,16,19H,8-9H2,1-2H3,(H,21,22)/t14-,16-,19-/m1/s1. The molecule has 1 heterocycles. The number of benzene rings is 1. The van der Waals surface area contributed by atoms with Crippen molar-refractivity contribution < 1.29 is 28.2 Å². The van der Waals surface area contributed by atoms with Crippen LogP contribution >= 0.6 is 0 Å². The van der Waals surface area contributed by atoms with Crippen molar-refractivity contribution in [1.29, 1.82) is 0 Å². The highest BCUT2D eigenvalue weighted by atomic mass is 19.1. The van der Waals surface area contributed by atoms with Gasteiger partial charge in [-0.1, -0.05) is 6.08 Å². The molecular weight excluding hydrogens is 341 g/mol. The summed E-state index contributed by atoms with van der Waals surface area (Å²) < 4.78 is 28.7. The molecule has 7 heteroatoms. The fraction of sp³-hybridized carbons (Fsp3) is 0.368. The number of rotatable bonds is 5. The average molecular weight is 361 g/mol. The van der Waals surface area contributed by atoms with E-state index in [2.05, 4.69) is 5.32 Å². The van der Waals surface area contributed by atoms with Crippen LogP contribution in [-0.4, -0.2) is 38.9 Å². The molecule has 3 atom stereocenters. The van der Waals surface area contributed by atoms with Crippen molar-refractivity contribution in [1.82, 2.24) is 5.32 Å². The minimum atomic E-state index is -0.537. The minimum absolute atomic E-state index is 0.112. The van der Waals surface area contributed by atoms with E-state index < -0.39 is 18.1 Å². The first-order valence-corrected chi connectivity index (χ1v) is 8.24. The topological polar surface area (TPSA) is 73.9 Å². The van der Waals surface area contributed by atoms with Gasteiger partial charge in [0.15, 0.2) is 0 Å². The number of hydrogen-bond acceptors (Lipinski definition) is 5. The van der Waals surface area contributed by atoms with Crippen LogP contribution < -0.4 is 5.32 Å². The third-order valence-electron chi connectivity index (χ3n) is 4.73. The Labute approximate surface area is 150 Å². The summed E-state index contributed by atoms with van der Waals surface area (Å²) in [5, 5.41) is 2.82. The van der Waals surface area contributed by atoms with Gasteiger partial charge in [-0.15, -0.1) is 0 Å². The molecule has 26 heavy (non-hydrogen) atoms. The molecule has 0 unspecified atom stereocenters. The lowest BCUT2D eigenvalue weighted by Crippen LogP contribution is -2.38. The van der Waals surface area contributed by atoms with Crippen molar-refractivity contribution in [2.75, 3.05) is 20.8 Å². The van der Waals surface area contributed by atoms with Crippen molar-refractivity contribution in [3.63, 3.8) is 0 Å². The SMILES string of the molecule is COC(=O)C1=CO[C@@H](OC)[C@@H]2C(CNC(=O)c3ccc(F)cc3)=CC[C@H]12. The van der Waals surface area contributed by atoms with Crippen LogP contribution in [0.2, 0.25) is 0 Å². The number of ether oxygens (including phenoxy) is 3. The Hall–Kier alpha value is -2.67. The number of carbonyl (C=O) groups excluding carboxylic acids is 2. The largest absolute Gasteiger partial charge is 0.471 e. The maximum atomic E-state index is 13.0. The molecule has 1 aromatic rings. The number of esters is 1. The van der Waals surface area contributed by atoms with E-state index in [1.165, 1.54) is 44.7 Å². The summed E-state index contributed by atoms with van der Waals surface area (Å²) in [6.45, 7) is 0.287. The molecule has 0 fully saturated rings. The van der Waals surface area contributed by atoms with Crippen molar-refractivity contribution >= 4 is 11.9 Å². The zero-order valence-corrected chi connectivity index (χ0v) is 14.5. The lowest BCUT2D eigenvalue weighted by Gasteiger charge is -2.34. The Morgan fingerprint density at radius 2 is 2.00 bits per heavy atom. The Kier molecular flexibility index (Phi) is 5.37. The highest BCUT2D eigenvalue weighted by molar-refractivity contribution is 5.94. The number of carbonyl (C=O) groups is 2. The molecule has 0 radical (unpaired) electrons. The van der Waals surface area contributed by atoms with E-state index in [9.17, 15) is 14.0 Å². The molecule has 1 aliphatic heterocycles. The average Bonchev–Trinajstić information content (AvgIpc) is 3.09. The summed E-state index contributed by atoms with van der Waals surface area (Å²) in [4.78, 5) is 24.2. The quantitative estimate of drug-likeness (QED) is 0.643. The van der Waals surface area contributed by atoms with E-state index >= 15 is 0 Å². The van der Waals surface area contributed by atoms with Crippen LogP contribution in [0, 0.1) is 17.7 Å². The molecule has 0 aromatic heterocycles. The van der Waals surface area contributed by atoms with Crippen molar-refractivity contribution in [2.45, 2.75) is 12.7 Å². The second-order valence-electron chi connectivity index (χ2n) is 6.14. The second kappa shape index (κ2) is 7.70. The molecule has 0 bridgehead atoms. The highest BCUT2D eigenvalue weighted by Gasteiger charge is 2.44. The van der Waals surface area contributed by atoms with Gasteiger partial charge in [-0.3, -0.25) is 4.79 Å². The Bertz CT molecular complexity index is 756. The molecular formula is C19H20FNO5. The molecule has 0 saturated heterocycles.